The number of carbonyl (C=O) groups excluding carboxylic acids is 1. The highest BCUT2D eigenvalue weighted by atomic mass is 16.2. The molecular formula is C17H27N3O. The molecule has 1 N–H and O–H groups in total. The predicted octanol–water partition coefficient (Wildman–Crippen LogP) is 3.56. The van der Waals surface area contributed by atoms with E-state index in [1.807, 2.05) is 18.0 Å². The average Bonchev–Trinajstić information content (AvgIpc) is 2.53. The molecule has 1 saturated carbocycles. The zero-order valence-electron chi connectivity index (χ0n) is 13.3. The van der Waals surface area contributed by atoms with E-state index >= 15 is 0 Å². The first-order valence-electron chi connectivity index (χ1n) is 8.15. The molecule has 1 fully saturated rings. The van der Waals surface area contributed by atoms with Crippen molar-refractivity contribution in [1.29, 1.82) is 0 Å². The summed E-state index contributed by atoms with van der Waals surface area (Å²) in [5, 5.41) is 3.29. The van der Waals surface area contributed by atoms with E-state index in [2.05, 4.69) is 17.2 Å². The standard InChI is InChI=1S/C17H27N3O/c1-3-10-19-16-12-18-11-9-15(16)17(21)20(2)13-14-7-5-4-6-8-14/h9,11-12,14,19H,3-8,10,13H2,1-2H3. The number of pyridine rings is 1. The summed E-state index contributed by atoms with van der Waals surface area (Å²) in [6.07, 6.45) is 11.0. The van der Waals surface area contributed by atoms with E-state index in [-0.39, 0.29) is 5.91 Å². The fraction of sp³-hybridized carbons (Fsp3) is 0.647. The van der Waals surface area contributed by atoms with E-state index in [9.17, 15) is 4.79 Å². The lowest BCUT2D eigenvalue weighted by atomic mass is 9.89. The van der Waals surface area contributed by atoms with Gasteiger partial charge in [0.25, 0.3) is 5.91 Å². The van der Waals surface area contributed by atoms with Gasteiger partial charge in [-0.25, -0.2) is 0 Å². The van der Waals surface area contributed by atoms with Gasteiger partial charge >= 0.3 is 0 Å². The molecular weight excluding hydrogens is 262 g/mol. The Labute approximate surface area is 127 Å². The molecule has 1 amide bonds. The number of nitrogens with zero attached hydrogens (tertiary/aromatic N) is 2. The Bertz CT molecular complexity index is 455. The number of anilines is 1. The van der Waals surface area contributed by atoms with Crippen LogP contribution in [-0.4, -0.2) is 35.9 Å². The highest BCUT2D eigenvalue weighted by molar-refractivity contribution is 5.99. The molecule has 1 aromatic heterocycles. The molecule has 1 aliphatic carbocycles. The Hall–Kier alpha value is -1.58. The van der Waals surface area contributed by atoms with Gasteiger partial charge in [0.05, 0.1) is 17.4 Å². The fourth-order valence-electron chi connectivity index (χ4n) is 3.03. The van der Waals surface area contributed by atoms with Gasteiger partial charge in [-0.15, -0.1) is 0 Å². The number of nitrogens with one attached hydrogen (secondary N) is 1. The lowest BCUT2D eigenvalue weighted by Gasteiger charge is -2.27. The van der Waals surface area contributed by atoms with Crippen LogP contribution in [0, 0.1) is 5.92 Å². The Morgan fingerprint density at radius 1 is 1.38 bits per heavy atom. The van der Waals surface area contributed by atoms with Gasteiger partial charge in [-0.2, -0.15) is 0 Å². The summed E-state index contributed by atoms with van der Waals surface area (Å²) in [7, 11) is 1.92. The quantitative estimate of drug-likeness (QED) is 0.871. The summed E-state index contributed by atoms with van der Waals surface area (Å²) < 4.78 is 0. The summed E-state index contributed by atoms with van der Waals surface area (Å²) in [5.41, 5.74) is 1.58. The van der Waals surface area contributed by atoms with E-state index in [1.54, 1.807) is 12.4 Å². The molecule has 0 aliphatic heterocycles. The van der Waals surface area contributed by atoms with Crippen LogP contribution in [-0.2, 0) is 0 Å². The Kier molecular flexibility index (Phi) is 6.03. The number of carbonyl (C=O) groups is 1. The van der Waals surface area contributed by atoms with Crippen LogP contribution in [0.15, 0.2) is 18.5 Å². The predicted molar refractivity (Wildman–Crippen MR) is 86.6 cm³/mol. The third-order valence-corrected chi connectivity index (χ3v) is 4.22. The van der Waals surface area contributed by atoms with E-state index in [0.29, 0.717) is 5.92 Å². The molecule has 0 atom stereocenters. The van der Waals surface area contributed by atoms with Crippen molar-refractivity contribution in [3.63, 3.8) is 0 Å². The Balaban J connectivity index is 2.00. The minimum atomic E-state index is 0.0987. The second-order valence-corrected chi connectivity index (χ2v) is 6.04. The molecule has 2 rings (SSSR count). The van der Waals surface area contributed by atoms with Crippen LogP contribution in [0.25, 0.3) is 0 Å². The molecule has 0 aromatic carbocycles. The minimum Gasteiger partial charge on any atom is -0.383 e. The van der Waals surface area contributed by atoms with Gasteiger partial charge < -0.3 is 10.2 Å². The van der Waals surface area contributed by atoms with Crippen LogP contribution in [0.3, 0.4) is 0 Å². The lowest BCUT2D eigenvalue weighted by molar-refractivity contribution is 0.0761. The maximum absolute atomic E-state index is 12.7. The van der Waals surface area contributed by atoms with Gasteiger partial charge in [-0.1, -0.05) is 26.2 Å². The normalized spacial score (nSPS) is 15.7. The monoisotopic (exact) mass is 289 g/mol. The minimum absolute atomic E-state index is 0.0987. The first-order valence-corrected chi connectivity index (χ1v) is 8.15. The van der Waals surface area contributed by atoms with Crippen LogP contribution < -0.4 is 5.32 Å². The highest BCUT2D eigenvalue weighted by Gasteiger charge is 2.20. The van der Waals surface area contributed by atoms with Crippen molar-refractivity contribution in [3.05, 3.63) is 24.0 Å². The van der Waals surface area contributed by atoms with Crippen LogP contribution in [0.1, 0.15) is 55.8 Å². The third-order valence-electron chi connectivity index (χ3n) is 4.22. The molecule has 1 heterocycles. The maximum Gasteiger partial charge on any atom is 0.255 e. The van der Waals surface area contributed by atoms with Crippen molar-refractivity contribution >= 4 is 11.6 Å². The van der Waals surface area contributed by atoms with E-state index in [4.69, 9.17) is 0 Å². The molecule has 0 radical (unpaired) electrons. The van der Waals surface area contributed by atoms with Gasteiger partial charge in [0.2, 0.25) is 0 Å². The van der Waals surface area contributed by atoms with Gasteiger partial charge in [-0.3, -0.25) is 9.78 Å². The Morgan fingerprint density at radius 2 is 2.14 bits per heavy atom. The molecule has 21 heavy (non-hydrogen) atoms. The summed E-state index contributed by atoms with van der Waals surface area (Å²) in [6.45, 7) is 3.84. The van der Waals surface area contributed by atoms with Crippen molar-refractivity contribution < 1.29 is 4.79 Å². The second kappa shape index (κ2) is 8.01. The molecule has 0 spiro atoms. The first kappa shape index (κ1) is 15.8. The number of rotatable bonds is 6. The number of hydrogen-bond donors (Lipinski definition) is 1. The molecule has 1 aliphatic rings. The van der Waals surface area contributed by atoms with Crippen LogP contribution in [0.5, 0.6) is 0 Å². The van der Waals surface area contributed by atoms with E-state index < -0.39 is 0 Å². The molecule has 0 unspecified atom stereocenters. The van der Waals surface area contributed by atoms with Crippen molar-refractivity contribution in [3.8, 4) is 0 Å². The largest absolute Gasteiger partial charge is 0.383 e. The molecule has 0 bridgehead atoms. The van der Waals surface area contributed by atoms with Crippen LogP contribution in [0.4, 0.5) is 5.69 Å². The van der Waals surface area contributed by atoms with Crippen molar-refractivity contribution in [1.82, 2.24) is 9.88 Å². The zero-order valence-corrected chi connectivity index (χ0v) is 13.3. The van der Waals surface area contributed by atoms with Crippen LogP contribution >= 0.6 is 0 Å². The topological polar surface area (TPSA) is 45.2 Å². The second-order valence-electron chi connectivity index (χ2n) is 6.04. The number of aromatic nitrogens is 1. The van der Waals surface area contributed by atoms with E-state index in [1.165, 1.54) is 32.1 Å². The van der Waals surface area contributed by atoms with Crippen molar-refractivity contribution in [2.24, 2.45) is 5.92 Å². The SMILES string of the molecule is CCCNc1cnccc1C(=O)N(C)CC1CCCCC1. The molecule has 4 heteroatoms. The van der Waals surface area contributed by atoms with Crippen molar-refractivity contribution in [2.75, 3.05) is 25.5 Å². The smallest absolute Gasteiger partial charge is 0.255 e. The van der Waals surface area contributed by atoms with Gasteiger partial charge in [0.1, 0.15) is 0 Å². The molecule has 1 aromatic rings. The van der Waals surface area contributed by atoms with Gasteiger partial charge in [0, 0.05) is 26.3 Å². The summed E-state index contributed by atoms with van der Waals surface area (Å²) in [4.78, 5) is 18.7. The average molecular weight is 289 g/mol. The number of hydrogen-bond acceptors (Lipinski definition) is 3. The van der Waals surface area contributed by atoms with Gasteiger partial charge in [-0.05, 0) is 31.2 Å². The molecule has 0 saturated heterocycles. The molecule has 116 valence electrons. The summed E-state index contributed by atoms with van der Waals surface area (Å²) in [6, 6.07) is 1.82. The highest BCUT2D eigenvalue weighted by Crippen LogP contribution is 2.25. The molecule has 4 nitrogen and oxygen atoms in total. The third kappa shape index (κ3) is 4.45. The fourth-order valence-corrected chi connectivity index (χ4v) is 3.03. The maximum atomic E-state index is 12.7. The van der Waals surface area contributed by atoms with Gasteiger partial charge in [0.15, 0.2) is 0 Å². The van der Waals surface area contributed by atoms with E-state index in [0.717, 1.165) is 30.8 Å². The Morgan fingerprint density at radius 3 is 2.86 bits per heavy atom. The van der Waals surface area contributed by atoms with Crippen molar-refractivity contribution in [2.45, 2.75) is 45.4 Å². The lowest BCUT2D eigenvalue weighted by Crippen LogP contribution is -2.33. The summed E-state index contributed by atoms with van der Waals surface area (Å²) in [5.74, 6) is 0.767. The van der Waals surface area contributed by atoms with Crippen LogP contribution in [0.2, 0.25) is 0 Å². The zero-order chi connectivity index (χ0) is 15.1. The first-order chi connectivity index (χ1) is 10.2. The number of amides is 1. The summed E-state index contributed by atoms with van der Waals surface area (Å²) >= 11 is 0.